The summed E-state index contributed by atoms with van der Waals surface area (Å²) in [7, 11) is 0. The van der Waals surface area contributed by atoms with Crippen molar-refractivity contribution in [1.82, 2.24) is 15.5 Å². The summed E-state index contributed by atoms with van der Waals surface area (Å²) in [5, 5.41) is 14.9. The molecule has 1 saturated heterocycles. The molecular formula is C20H23FN4O3. The average Bonchev–Trinajstić information content (AvgIpc) is 2.94. The molecular weight excluding hydrogens is 363 g/mol. The Morgan fingerprint density at radius 2 is 1.89 bits per heavy atom. The average molecular weight is 386 g/mol. The van der Waals surface area contributed by atoms with Gasteiger partial charge in [0.2, 0.25) is 5.91 Å². The molecule has 0 bridgehead atoms. The van der Waals surface area contributed by atoms with Crippen molar-refractivity contribution in [3.05, 3.63) is 35.6 Å². The zero-order chi connectivity index (χ0) is 20.4. The molecule has 8 heteroatoms. The lowest BCUT2D eigenvalue weighted by molar-refractivity contribution is -0.135. The largest absolute Gasteiger partial charge is 0.336 e. The first-order chi connectivity index (χ1) is 13.4. The topological polar surface area (TPSA) is 102 Å². The lowest BCUT2D eigenvalue weighted by atomic mass is 9.83. The van der Waals surface area contributed by atoms with Crippen molar-refractivity contribution < 1.29 is 18.8 Å². The number of hydrogen-bond donors (Lipinski definition) is 2. The zero-order valence-corrected chi connectivity index (χ0v) is 15.8. The maximum atomic E-state index is 13.3. The van der Waals surface area contributed by atoms with Crippen molar-refractivity contribution >= 4 is 17.8 Å². The van der Waals surface area contributed by atoms with Crippen LogP contribution in [0, 0.1) is 17.1 Å². The van der Waals surface area contributed by atoms with Crippen LogP contribution in [0.2, 0.25) is 0 Å². The molecule has 1 atom stereocenters. The molecule has 1 aromatic carbocycles. The Balaban J connectivity index is 1.77. The van der Waals surface area contributed by atoms with Crippen LogP contribution in [0.4, 0.5) is 9.18 Å². The Bertz CT molecular complexity index is 827. The molecule has 28 heavy (non-hydrogen) atoms. The van der Waals surface area contributed by atoms with Crippen molar-refractivity contribution in [2.45, 2.75) is 56.5 Å². The van der Waals surface area contributed by atoms with Crippen LogP contribution in [0.15, 0.2) is 24.3 Å². The van der Waals surface area contributed by atoms with Gasteiger partial charge in [-0.05, 0) is 37.0 Å². The number of urea groups is 1. The third kappa shape index (κ3) is 3.44. The Morgan fingerprint density at radius 1 is 1.25 bits per heavy atom. The summed E-state index contributed by atoms with van der Waals surface area (Å²) in [5.41, 5.74) is -1.81. The van der Waals surface area contributed by atoms with Crippen LogP contribution in [-0.2, 0) is 15.1 Å². The fourth-order valence-electron chi connectivity index (χ4n) is 4.01. The summed E-state index contributed by atoms with van der Waals surface area (Å²) in [5.74, 6) is -1.55. The van der Waals surface area contributed by atoms with Gasteiger partial charge in [-0.3, -0.25) is 14.5 Å². The van der Waals surface area contributed by atoms with E-state index in [1.807, 2.05) is 0 Å². The summed E-state index contributed by atoms with van der Waals surface area (Å²) in [4.78, 5) is 38.9. The molecule has 0 spiro atoms. The third-order valence-corrected chi connectivity index (χ3v) is 5.64. The first-order valence-corrected chi connectivity index (χ1v) is 9.48. The Hall–Kier alpha value is -2.95. The number of nitrogens with zero attached hydrogens (tertiary/aromatic N) is 2. The predicted molar refractivity (Wildman–Crippen MR) is 98.2 cm³/mol. The number of hydrogen-bond acceptors (Lipinski definition) is 4. The minimum absolute atomic E-state index is 0.253. The van der Waals surface area contributed by atoms with Gasteiger partial charge in [-0.2, -0.15) is 5.26 Å². The number of nitriles is 1. The van der Waals surface area contributed by atoms with Gasteiger partial charge in [0, 0.05) is 0 Å². The molecule has 1 saturated carbocycles. The third-order valence-electron chi connectivity index (χ3n) is 5.64. The molecule has 1 unspecified atom stereocenters. The molecule has 1 heterocycles. The second kappa shape index (κ2) is 7.58. The standard InChI is InChI=1S/C20H23FN4O3/c1-2-20(14-6-8-15(21)9-7-14)17(27)25(18(28)24-20)12-16(26)23-19(13-22)10-4-3-5-11-19/h6-9H,2-5,10-12H2,1H3,(H,23,26)(H,24,28). The van der Waals surface area contributed by atoms with Crippen LogP contribution in [0.25, 0.3) is 0 Å². The van der Waals surface area contributed by atoms with Crippen molar-refractivity contribution in [2.75, 3.05) is 6.54 Å². The molecule has 1 aromatic rings. The van der Waals surface area contributed by atoms with E-state index in [0.29, 0.717) is 18.4 Å². The number of rotatable bonds is 5. The van der Waals surface area contributed by atoms with Crippen molar-refractivity contribution in [1.29, 1.82) is 5.26 Å². The van der Waals surface area contributed by atoms with Crippen LogP contribution in [0.5, 0.6) is 0 Å². The van der Waals surface area contributed by atoms with Gasteiger partial charge >= 0.3 is 6.03 Å². The molecule has 2 N–H and O–H groups in total. The maximum absolute atomic E-state index is 13.3. The van der Waals surface area contributed by atoms with Crippen LogP contribution >= 0.6 is 0 Å². The number of carbonyl (C=O) groups is 3. The van der Waals surface area contributed by atoms with Crippen molar-refractivity contribution in [2.24, 2.45) is 0 Å². The van der Waals surface area contributed by atoms with E-state index in [1.165, 1.54) is 24.3 Å². The van der Waals surface area contributed by atoms with E-state index in [1.54, 1.807) is 6.92 Å². The molecule has 4 amide bonds. The number of imide groups is 1. The number of benzene rings is 1. The highest BCUT2D eigenvalue weighted by Gasteiger charge is 2.52. The summed E-state index contributed by atoms with van der Waals surface area (Å²) in [6, 6.07) is 6.85. The van der Waals surface area contributed by atoms with Crippen molar-refractivity contribution in [3.63, 3.8) is 0 Å². The number of nitrogens with one attached hydrogen (secondary N) is 2. The molecule has 7 nitrogen and oxygen atoms in total. The van der Waals surface area contributed by atoms with E-state index in [-0.39, 0.29) is 6.42 Å². The van der Waals surface area contributed by atoms with Gasteiger partial charge in [0.1, 0.15) is 23.4 Å². The summed E-state index contributed by atoms with van der Waals surface area (Å²) < 4.78 is 13.3. The highest BCUT2D eigenvalue weighted by Crippen LogP contribution is 2.33. The number of halogens is 1. The zero-order valence-electron chi connectivity index (χ0n) is 15.8. The van der Waals surface area contributed by atoms with E-state index < -0.39 is 41.3 Å². The van der Waals surface area contributed by atoms with Crippen LogP contribution in [0.3, 0.4) is 0 Å². The second-order valence-corrected chi connectivity index (χ2v) is 7.39. The molecule has 1 aliphatic carbocycles. The normalized spacial score (nSPS) is 23.8. The van der Waals surface area contributed by atoms with Gasteiger partial charge < -0.3 is 10.6 Å². The van der Waals surface area contributed by atoms with E-state index in [9.17, 15) is 24.0 Å². The fraction of sp³-hybridized carbons (Fsp3) is 0.500. The Kier molecular flexibility index (Phi) is 5.36. The summed E-state index contributed by atoms with van der Waals surface area (Å²) in [6.45, 7) is 1.27. The van der Waals surface area contributed by atoms with Gasteiger partial charge in [-0.1, -0.05) is 38.3 Å². The number of amides is 4. The molecule has 148 valence electrons. The molecule has 2 fully saturated rings. The van der Waals surface area contributed by atoms with Gasteiger partial charge in [-0.15, -0.1) is 0 Å². The van der Waals surface area contributed by atoms with Crippen LogP contribution < -0.4 is 10.6 Å². The van der Waals surface area contributed by atoms with Gasteiger partial charge in [0.05, 0.1) is 6.07 Å². The minimum Gasteiger partial charge on any atom is -0.336 e. The Labute approximate surface area is 162 Å². The predicted octanol–water partition coefficient (Wildman–Crippen LogP) is 2.33. The molecule has 0 radical (unpaired) electrons. The first-order valence-electron chi connectivity index (χ1n) is 9.48. The minimum atomic E-state index is -1.33. The maximum Gasteiger partial charge on any atom is 0.325 e. The highest BCUT2D eigenvalue weighted by molar-refractivity contribution is 6.09. The lowest BCUT2D eigenvalue weighted by Crippen LogP contribution is -2.52. The van der Waals surface area contributed by atoms with E-state index in [4.69, 9.17) is 0 Å². The SMILES string of the molecule is CCC1(c2ccc(F)cc2)NC(=O)N(CC(=O)NC2(C#N)CCCCC2)C1=O. The Morgan fingerprint density at radius 3 is 2.46 bits per heavy atom. The van der Waals surface area contributed by atoms with Gasteiger partial charge in [-0.25, -0.2) is 9.18 Å². The first kappa shape index (κ1) is 19.8. The molecule has 1 aliphatic heterocycles. The number of carbonyl (C=O) groups excluding carboxylic acids is 3. The van der Waals surface area contributed by atoms with Crippen molar-refractivity contribution in [3.8, 4) is 6.07 Å². The quantitative estimate of drug-likeness (QED) is 0.758. The summed E-state index contributed by atoms with van der Waals surface area (Å²) >= 11 is 0. The molecule has 0 aromatic heterocycles. The molecule has 3 rings (SSSR count). The van der Waals surface area contributed by atoms with Crippen LogP contribution in [-0.4, -0.2) is 34.8 Å². The van der Waals surface area contributed by atoms with Gasteiger partial charge in [0.25, 0.3) is 5.91 Å². The van der Waals surface area contributed by atoms with Crippen LogP contribution in [0.1, 0.15) is 51.0 Å². The monoisotopic (exact) mass is 386 g/mol. The summed E-state index contributed by atoms with van der Waals surface area (Å²) in [6.07, 6.45) is 4.08. The molecule has 2 aliphatic rings. The smallest absolute Gasteiger partial charge is 0.325 e. The fourth-order valence-corrected chi connectivity index (χ4v) is 4.01. The van der Waals surface area contributed by atoms with E-state index in [0.717, 1.165) is 24.2 Å². The van der Waals surface area contributed by atoms with E-state index in [2.05, 4.69) is 16.7 Å². The van der Waals surface area contributed by atoms with Gasteiger partial charge in [0.15, 0.2) is 0 Å². The van der Waals surface area contributed by atoms with E-state index >= 15 is 0 Å². The highest BCUT2D eigenvalue weighted by atomic mass is 19.1. The second-order valence-electron chi connectivity index (χ2n) is 7.39. The lowest BCUT2D eigenvalue weighted by Gasteiger charge is -2.32.